The Bertz CT molecular complexity index is 930. The molecule has 218 valence electrons. The number of amides is 3. The largest absolute Gasteiger partial charge is 0.479 e. The number of hydrogen-bond donors (Lipinski definition) is 5. The van der Waals surface area contributed by atoms with Gasteiger partial charge in [-0.1, -0.05) is 12.8 Å². The van der Waals surface area contributed by atoms with Crippen molar-refractivity contribution in [1.29, 1.82) is 5.26 Å². The highest BCUT2D eigenvalue weighted by Crippen LogP contribution is 2.51. The van der Waals surface area contributed by atoms with E-state index in [-0.39, 0.29) is 23.5 Å². The van der Waals surface area contributed by atoms with Crippen molar-refractivity contribution in [3.05, 3.63) is 0 Å². The maximum atomic E-state index is 12.8. The normalized spacial score (nSPS) is 29.7. The molecule has 4 rings (SSSR count). The van der Waals surface area contributed by atoms with E-state index in [0.29, 0.717) is 30.8 Å². The molecular weight excluding hydrogens is 510 g/mol. The maximum absolute atomic E-state index is 12.8. The highest BCUT2D eigenvalue weighted by atomic mass is 16.4. The minimum absolute atomic E-state index is 0.0244. The lowest BCUT2D eigenvalue weighted by Gasteiger charge is -2.39. The average molecular weight is 552 g/mol. The Morgan fingerprint density at radius 3 is 1.97 bits per heavy atom. The number of aliphatic carboxylic acids is 2. The number of nitrogens with one attached hydrogen (secondary N) is 1. The maximum Gasteiger partial charge on any atom is 0.335 e. The van der Waals surface area contributed by atoms with Crippen molar-refractivity contribution < 1.29 is 39.6 Å². The lowest BCUT2D eigenvalue weighted by molar-refractivity contribution is -0.165. The van der Waals surface area contributed by atoms with Gasteiger partial charge in [-0.25, -0.2) is 14.4 Å². The van der Waals surface area contributed by atoms with Gasteiger partial charge in [0.15, 0.2) is 12.2 Å². The second-order valence-electron chi connectivity index (χ2n) is 11.4. The van der Waals surface area contributed by atoms with Gasteiger partial charge in [0.2, 0.25) is 5.91 Å². The summed E-state index contributed by atoms with van der Waals surface area (Å²) in [5, 5.41) is 45.6. The number of nitriles is 1. The van der Waals surface area contributed by atoms with Gasteiger partial charge in [-0.2, -0.15) is 5.26 Å². The number of fused-ring (bicyclic) bond motifs is 1. The molecule has 0 bridgehead atoms. The first kappa shape index (κ1) is 30.6. The molecule has 13 nitrogen and oxygen atoms in total. The van der Waals surface area contributed by atoms with Crippen LogP contribution in [0.2, 0.25) is 0 Å². The molecule has 2 saturated heterocycles. The number of carboxylic acid groups (broad SMARTS) is 2. The van der Waals surface area contributed by atoms with Crippen molar-refractivity contribution in [3.8, 4) is 6.07 Å². The summed E-state index contributed by atoms with van der Waals surface area (Å²) < 4.78 is 0. The van der Waals surface area contributed by atoms with Crippen molar-refractivity contribution >= 4 is 23.9 Å². The number of nitrogens with zero attached hydrogens (tertiary/aromatic N) is 4. The fourth-order valence-corrected chi connectivity index (χ4v) is 6.78. The van der Waals surface area contributed by atoms with E-state index in [9.17, 15) is 24.4 Å². The predicted molar refractivity (Wildman–Crippen MR) is 137 cm³/mol. The van der Waals surface area contributed by atoms with Crippen molar-refractivity contribution in [1.82, 2.24) is 20.0 Å². The van der Waals surface area contributed by atoms with Gasteiger partial charge in [-0.05, 0) is 56.3 Å². The van der Waals surface area contributed by atoms with Gasteiger partial charge in [0.25, 0.3) is 0 Å². The number of aliphatic hydroxyl groups is 2. The quantitative estimate of drug-likeness (QED) is 0.286. The van der Waals surface area contributed by atoms with Gasteiger partial charge < -0.3 is 40.4 Å². The van der Waals surface area contributed by atoms with E-state index in [1.54, 1.807) is 9.80 Å². The summed E-state index contributed by atoms with van der Waals surface area (Å²) in [6.07, 6.45) is 4.37. The highest BCUT2D eigenvalue weighted by Gasteiger charge is 2.53. The Labute approximate surface area is 228 Å². The van der Waals surface area contributed by atoms with Crippen LogP contribution in [0.1, 0.15) is 51.4 Å². The van der Waals surface area contributed by atoms with E-state index in [2.05, 4.69) is 11.4 Å². The van der Waals surface area contributed by atoms with Gasteiger partial charge in [-0.15, -0.1) is 0 Å². The first-order valence-corrected chi connectivity index (χ1v) is 13.6. The third-order valence-corrected chi connectivity index (χ3v) is 8.74. The minimum Gasteiger partial charge on any atom is -0.479 e. The molecule has 0 aromatic carbocycles. The van der Waals surface area contributed by atoms with Gasteiger partial charge in [0, 0.05) is 39.3 Å². The Hall–Kier alpha value is -2.95. The molecule has 0 radical (unpaired) electrons. The molecular formula is C26H41N5O8. The molecule has 3 unspecified atom stereocenters. The molecule has 2 saturated carbocycles. The van der Waals surface area contributed by atoms with Crippen LogP contribution in [0.3, 0.4) is 0 Å². The minimum atomic E-state index is -2.27. The van der Waals surface area contributed by atoms with E-state index in [0.717, 1.165) is 38.8 Å². The molecule has 2 heterocycles. The Kier molecular flexibility index (Phi) is 10.1. The molecule has 3 amide bonds. The van der Waals surface area contributed by atoms with Crippen LogP contribution in [-0.2, 0) is 14.4 Å². The molecule has 39 heavy (non-hydrogen) atoms. The summed E-state index contributed by atoms with van der Waals surface area (Å²) in [6, 6.07) is 2.15. The second-order valence-corrected chi connectivity index (χ2v) is 11.4. The highest BCUT2D eigenvalue weighted by molar-refractivity contribution is 5.83. The van der Waals surface area contributed by atoms with E-state index in [4.69, 9.17) is 20.4 Å². The zero-order valence-electron chi connectivity index (χ0n) is 22.7. The number of carbonyl (C=O) groups is 4. The van der Waals surface area contributed by atoms with Crippen LogP contribution in [0.5, 0.6) is 0 Å². The lowest BCUT2D eigenvalue weighted by Crippen LogP contribution is -2.54. The molecule has 4 fully saturated rings. The van der Waals surface area contributed by atoms with Crippen LogP contribution in [-0.4, -0.2) is 123 Å². The van der Waals surface area contributed by atoms with E-state index in [1.165, 1.54) is 25.7 Å². The van der Waals surface area contributed by atoms with Crippen molar-refractivity contribution in [2.24, 2.45) is 17.8 Å². The molecule has 0 aromatic rings. The van der Waals surface area contributed by atoms with Crippen LogP contribution in [0.25, 0.3) is 0 Å². The van der Waals surface area contributed by atoms with E-state index < -0.39 is 24.1 Å². The van der Waals surface area contributed by atoms with E-state index in [1.807, 2.05) is 19.0 Å². The first-order chi connectivity index (χ1) is 18.4. The third-order valence-electron chi connectivity index (χ3n) is 8.74. The molecule has 13 heteroatoms. The van der Waals surface area contributed by atoms with Gasteiger partial charge >= 0.3 is 18.0 Å². The van der Waals surface area contributed by atoms with Crippen LogP contribution >= 0.6 is 0 Å². The summed E-state index contributed by atoms with van der Waals surface area (Å²) in [5.41, 5.74) is 0.0244. The van der Waals surface area contributed by atoms with Crippen molar-refractivity contribution in [3.63, 3.8) is 0 Å². The zero-order chi connectivity index (χ0) is 28.9. The van der Waals surface area contributed by atoms with Crippen LogP contribution in [0.4, 0.5) is 4.79 Å². The van der Waals surface area contributed by atoms with Crippen LogP contribution in [0, 0.1) is 29.1 Å². The van der Waals surface area contributed by atoms with Crippen LogP contribution in [0.15, 0.2) is 0 Å². The monoisotopic (exact) mass is 551 g/mol. The average Bonchev–Trinajstić information content (AvgIpc) is 3.69. The standard InChI is InChI=1S/C22H35N5O2.C4H6O6/c1-25(2)21(29)26-14-16-10-22(11-17(16)15-26,18-6-3-4-7-18)24-13-20(28)27-9-5-8-19(27)12-23;5-1(3(7)8)2(6)4(9)10/h16-19,24H,3-11,13-15H2,1-2H3;1-2,5-6H,(H,7,8)(H,9,10)/t16-,17+,19-,22?;/m0./s1. The molecule has 0 spiro atoms. The van der Waals surface area contributed by atoms with Crippen molar-refractivity contribution in [2.75, 3.05) is 40.3 Å². The summed E-state index contributed by atoms with van der Waals surface area (Å²) >= 11 is 0. The number of urea groups is 1. The molecule has 4 aliphatic rings. The first-order valence-electron chi connectivity index (χ1n) is 13.6. The Morgan fingerprint density at radius 1 is 0.974 bits per heavy atom. The number of aliphatic hydroxyl groups excluding tert-OH is 2. The Balaban J connectivity index is 0.000000360. The lowest BCUT2D eigenvalue weighted by atomic mass is 9.79. The molecule has 2 aliphatic carbocycles. The fraction of sp³-hybridized carbons (Fsp3) is 0.808. The summed E-state index contributed by atoms with van der Waals surface area (Å²) in [5.74, 6) is -1.77. The molecule has 6 atom stereocenters. The SMILES string of the molecule is CN(C)C(=O)N1C[C@@H]2CC(NCC(=O)N3CCC[C@H]3C#N)(C3CCCC3)C[C@@H]2C1.O=C(O)C(O)C(O)C(=O)O. The molecule has 2 aliphatic heterocycles. The fourth-order valence-electron chi connectivity index (χ4n) is 6.78. The van der Waals surface area contributed by atoms with Crippen molar-refractivity contribution in [2.45, 2.75) is 75.2 Å². The molecule has 5 N–H and O–H groups in total. The third kappa shape index (κ3) is 6.98. The Morgan fingerprint density at radius 2 is 1.51 bits per heavy atom. The number of carbonyl (C=O) groups excluding carboxylic acids is 2. The predicted octanol–water partition coefficient (Wildman–Crippen LogP) is -0.0796. The van der Waals surface area contributed by atoms with Crippen LogP contribution < -0.4 is 5.32 Å². The number of rotatable bonds is 7. The topological polar surface area (TPSA) is 195 Å². The van der Waals surface area contributed by atoms with Gasteiger partial charge in [-0.3, -0.25) is 4.79 Å². The van der Waals surface area contributed by atoms with Gasteiger partial charge in [0.05, 0.1) is 12.6 Å². The van der Waals surface area contributed by atoms with Gasteiger partial charge in [0.1, 0.15) is 6.04 Å². The molecule has 0 aromatic heterocycles. The summed E-state index contributed by atoms with van der Waals surface area (Å²) in [4.78, 5) is 50.2. The summed E-state index contributed by atoms with van der Waals surface area (Å²) in [6.45, 7) is 2.74. The number of likely N-dealkylation sites (tertiary alicyclic amines) is 2. The number of hydrogen-bond acceptors (Lipinski definition) is 8. The smallest absolute Gasteiger partial charge is 0.335 e. The summed E-state index contributed by atoms with van der Waals surface area (Å²) in [7, 11) is 3.64. The number of carboxylic acids is 2. The second kappa shape index (κ2) is 12.9. The zero-order valence-corrected chi connectivity index (χ0v) is 22.7. The van der Waals surface area contributed by atoms with E-state index >= 15 is 0 Å².